The first kappa shape index (κ1) is 17.8. The van der Waals surface area contributed by atoms with Crippen LogP contribution >= 0.6 is 0 Å². The van der Waals surface area contributed by atoms with E-state index in [-0.39, 0.29) is 17.7 Å². The fourth-order valence-corrected chi connectivity index (χ4v) is 3.02. The topological polar surface area (TPSA) is 32.8 Å². The predicted octanol–water partition coefficient (Wildman–Crippen LogP) is 3.76. The summed E-state index contributed by atoms with van der Waals surface area (Å²) >= 11 is 0. The molecule has 1 aliphatic rings. The van der Waals surface area contributed by atoms with Gasteiger partial charge in [-0.05, 0) is 32.3 Å². The number of hydrogen-bond acceptors (Lipinski definition) is 3. The molecule has 0 spiro atoms. The number of hydrogen-bond donors (Lipinski definition) is 0. The molecule has 1 atom stereocenters. The van der Waals surface area contributed by atoms with Crippen LogP contribution < -0.4 is 0 Å². The average Bonchev–Trinajstić information content (AvgIpc) is 2.52. The molecule has 0 N–H and O–H groups in total. The number of piperazine rings is 1. The van der Waals surface area contributed by atoms with Gasteiger partial charge < -0.3 is 9.64 Å². The van der Waals surface area contributed by atoms with E-state index >= 15 is 0 Å². The van der Waals surface area contributed by atoms with Gasteiger partial charge in [-0.25, -0.2) is 4.79 Å². The Kier molecular flexibility index (Phi) is 5.69. The maximum Gasteiger partial charge on any atom is 0.410 e. The number of ether oxygens (including phenoxy) is 1. The summed E-state index contributed by atoms with van der Waals surface area (Å²) < 4.78 is 5.54. The fourth-order valence-electron chi connectivity index (χ4n) is 3.02. The number of carbonyl (C=O) groups is 1. The Morgan fingerprint density at radius 1 is 1.22 bits per heavy atom. The number of rotatable bonds is 3. The summed E-state index contributed by atoms with van der Waals surface area (Å²) in [6.07, 6.45) is -0.193. The van der Waals surface area contributed by atoms with Crippen LogP contribution in [-0.2, 0) is 11.3 Å². The van der Waals surface area contributed by atoms with E-state index in [0.717, 1.165) is 25.2 Å². The number of carbonyl (C=O) groups excluding carboxylic acids is 1. The third-order valence-corrected chi connectivity index (χ3v) is 4.58. The van der Waals surface area contributed by atoms with Crippen molar-refractivity contribution in [3.8, 4) is 0 Å². The molecule has 128 valence electrons. The summed E-state index contributed by atoms with van der Waals surface area (Å²) in [6, 6.07) is 10.0. The van der Waals surface area contributed by atoms with E-state index in [2.05, 4.69) is 39.5 Å². The van der Waals surface area contributed by atoms with E-state index in [1.165, 1.54) is 0 Å². The second-order valence-electron chi connectivity index (χ2n) is 7.66. The maximum atomic E-state index is 12.5. The van der Waals surface area contributed by atoms with Crippen molar-refractivity contribution in [1.82, 2.24) is 9.80 Å². The molecular weight excluding hydrogens is 288 g/mol. The molecule has 4 heteroatoms. The Hall–Kier alpha value is -1.55. The lowest BCUT2D eigenvalue weighted by Gasteiger charge is -2.47. The lowest BCUT2D eigenvalue weighted by molar-refractivity contribution is -0.000656. The van der Waals surface area contributed by atoms with Crippen LogP contribution in [0.4, 0.5) is 4.79 Å². The van der Waals surface area contributed by atoms with Crippen molar-refractivity contribution in [3.63, 3.8) is 0 Å². The first-order valence-electron chi connectivity index (χ1n) is 8.51. The lowest BCUT2D eigenvalue weighted by atomic mass is 9.96. The Labute approximate surface area is 140 Å². The van der Waals surface area contributed by atoms with Gasteiger partial charge in [0.15, 0.2) is 0 Å². The quantitative estimate of drug-likeness (QED) is 0.850. The van der Waals surface area contributed by atoms with Crippen LogP contribution in [0.5, 0.6) is 0 Å². The van der Waals surface area contributed by atoms with Gasteiger partial charge >= 0.3 is 6.09 Å². The largest absolute Gasteiger partial charge is 0.445 e. The molecule has 0 aliphatic carbocycles. The predicted molar refractivity (Wildman–Crippen MR) is 93.3 cm³/mol. The van der Waals surface area contributed by atoms with E-state index in [0.29, 0.717) is 12.5 Å². The van der Waals surface area contributed by atoms with Crippen molar-refractivity contribution < 1.29 is 9.53 Å². The smallest absolute Gasteiger partial charge is 0.410 e. The fraction of sp³-hybridized carbons (Fsp3) is 0.632. The van der Waals surface area contributed by atoms with E-state index in [4.69, 9.17) is 4.74 Å². The van der Waals surface area contributed by atoms with Gasteiger partial charge in [-0.2, -0.15) is 0 Å². The minimum absolute atomic E-state index is 0.132. The van der Waals surface area contributed by atoms with E-state index in [9.17, 15) is 4.79 Å². The molecule has 1 aromatic carbocycles. The second kappa shape index (κ2) is 7.35. The zero-order valence-corrected chi connectivity index (χ0v) is 15.1. The summed E-state index contributed by atoms with van der Waals surface area (Å²) in [5, 5.41) is 0. The molecule has 2 rings (SSSR count). The van der Waals surface area contributed by atoms with Crippen LogP contribution in [0.25, 0.3) is 0 Å². The molecule has 1 heterocycles. The van der Waals surface area contributed by atoms with Gasteiger partial charge in [0.1, 0.15) is 6.61 Å². The van der Waals surface area contributed by atoms with Gasteiger partial charge in [0.2, 0.25) is 0 Å². The number of amides is 1. The van der Waals surface area contributed by atoms with Gasteiger partial charge in [-0.3, -0.25) is 4.90 Å². The highest BCUT2D eigenvalue weighted by atomic mass is 16.6. The molecule has 1 amide bonds. The summed E-state index contributed by atoms with van der Waals surface area (Å²) in [7, 11) is 0. The minimum atomic E-state index is -0.193. The molecule has 1 aliphatic heterocycles. The van der Waals surface area contributed by atoms with Crippen molar-refractivity contribution in [3.05, 3.63) is 35.9 Å². The van der Waals surface area contributed by atoms with Crippen LogP contribution in [0.1, 0.15) is 40.2 Å². The van der Waals surface area contributed by atoms with Gasteiger partial charge in [0.25, 0.3) is 0 Å². The molecule has 4 nitrogen and oxygen atoms in total. The van der Waals surface area contributed by atoms with E-state index in [1.807, 2.05) is 35.2 Å². The van der Waals surface area contributed by atoms with Gasteiger partial charge in [-0.1, -0.05) is 44.2 Å². The Bertz CT molecular complexity index is 508. The number of benzene rings is 1. The van der Waals surface area contributed by atoms with Gasteiger partial charge in [-0.15, -0.1) is 0 Å². The summed E-state index contributed by atoms with van der Waals surface area (Å²) in [5.41, 5.74) is 1.16. The third kappa shape index (κ3) is 4.71. The van der Waals surface area contributed by atoms with E-state index < -0.39 is 0 Å². The molecular formula is C19H30N2O2. The Morgan fingerprint density at radius 2 is 1.87 bits per heavy atom. The monoisotopic (exact) mass is 318 g/mol. The zero-order valence-electron chi connectivity index (χ0n) is 15.1. The van der Waals surface area contributed by atoms with Crippen LogP contribution in [0.3, 0.4) is 0 Å². The standard InChI is InChI=1S/C19H30N2O2/c1-15(2)17-13-20(19(3,4)5)11-12-21(17)18(22)23-14-16-9-7-6-8-10-16/h6-10,15,17H,11-14H2,1-5H3/t17-/m1/s1. The summed E-state index contributed by atoms with van der Waals surface area (Å²) in [6.45, 7) is 13.9. The first-order valence-corrected chi connectivity index (χ1v) is 8.51. The molecule has 0 radical (unpaired) electrons. The molecule has 1 fully saturated rings. The summed E-state index contributed by atoms with van der Waals surface area (Å²) in [5.74, 6) is 0.407. The Balaban J connectivity index is 1.98. The second-order valence-corrected chi connectivity index (χ2v) is 7.66. The molecule has 1 saturated heterocycles. The Morgan fingerprint density at radius 3 is 2.43 bits per heavy atom. The highest BCUT2D eigenvalue weighted by Crippen LogP contribution is 2.24. The van der Waals surface area contributed by atoms with Gasteiger partial charge in [0, 0.05) is 25.2 Å². The first-order chi connectivity index (χ1) is 10.8. The van der Waals surface area contributed by atoms with Crippen molar-refractivity contribution in [2.75, 3.05) is 19.6 Å². The average molecular weight is 318 g/mol. The van der Waals surface area contributed by atoms with Crippen LogP contribution in [0.2, 0.25) is 0 Å². The maximum absolute atomic E-state index is 12.5. The zero-order chi connectivity index (χ0) is 17.0. The molecule has 23 heavy (non-hydrogen) atoms. The molecule has 1 aromatic rings. The minimum Gasteiger partial charge on any atom is -0.445 e. The van der Waals surface area contributed by atoms with Crippen LogP contribution in [0, 0.1) is 5.92 Å². The lowest BCUT2D eigenvalue weighted by Crippen LogP contribution is -2.61. The van der Waals surface area contributed by atoms with Crippen LogP contribution in [0.15, 0.2) is 30.3 Å². The number of nitrogens with zero attached hydrogens (tertiary/aromatic N) is 2. The molecule has 0 aromatic heterocycles. The van der Waals surface area contributed by atoms with E-state index in [1.54, 1.807) is 0 Å². The van der Waals surface area contributed by atoms with Crippen molar-refractivity contribution in [1.29, 1.82) is 0 Å². The third-order valence-electron chi connectivity index (χ3n) is 4.58. The van der Waals surface area contributed by atoms with Crippen molar-refractivity contribution in [2.45, 2.75) is 52.8 Å². The van der Waals surface area contributed by atoms with Crippen LogP contribution in [-0.4, -0.2) is 47.1 Å². The molecule has 0 bridgehead atoms. The highest BCUT2D eigenvalue weighted by Gasteiger charge is 2.36. The molecule has 0 saturated carbocycles. The van der Waals surface area contributed by atoms with Crippen molar-refractivity contribution in [2.24, 2.45) is 5.92 Å². The van der Waals surface area contributed by atoms with Crippen molar-refractivity contribution >= 4 is 6.09 Å². The SMILES string of the molecule is CC(C)[C@H]1CN(C(C)(C)C)CCN1C(=O)OCc1ccccc1. The van der Waals surface area contributed by atoms with Gasteiger partial charge in [0.05, 0.1) is 6.04 Å². The molecule has 0 unspecified atom stereocenters. The highest BCUT2D eigenvalue weighted by molar-refractivity contribution is 5.68. The normalized spacial score (nSPS) is 19.9. The summed E-state index contributed by atoms with van der Waals surface area (Å²) in [4.78, 5) is 16.9.